The van der Waals surface area contributed by atoms with E-state index < -0.39 is 5.60 Å². The van der Waals surface area contributed by atoms with E-state index in [2.05, 4.69) is 0 Å². The lowest BCUT2D eigenvalue weighted by Gasteiger charge is -2.35. The minimum atomic E-state index is -0.689. The van der Waals surface area contributed by atoms with E-state index in [1.807, 2.05) is 34.6 Å². The molecule has 1 aliphatic rings. The zero-order valence-corrected chi connectivity index (χ0v) is 14.5. The van der Waals surface area contributed by atoms with E-state index in [-0.39, 0.29) is 10.6 Å². The molecule has 0 saturated heterocycles. The van der Waals surface area contributed by atoms with E-state index in [9.17, 15) is 15.2 Å². The van der Waals surface area contributed by atoms with Gasteiger partial charge in [-0.2, -0.15) is 0 Å². The van der Waals surface area contributed by atoms with Crippen molar-refractivity contribution in [2.24, 2.45) is 0 Å². The maximum Gasteiger partial charge on any atom is 0.246 e. The molecule has 0 aliphatic carbocycles. The summed E-state index contributed by atoms with van der Waals surface area (Å²) in [6.07, 6.45) is 4.22. The number of fused-ring (bicyclic) bond motifs is 1. The molecule has 126 valence electrons. The van der Waals surface area contributed by atoms with Gasteiger partial charge in [0.15, 0.2) is 0 Å². The van der Waals surface area contributed by atoms with E-state index in [1.165, 1.54) is 0 Å². The summed E-state index contributed by atoms with van der Waals surface area (Å²) in [5.41, 5.74) is 3.08. The standard InChI is InChI=1S/C18H25NO4/c1-6-7-14(19(21)22)10-18(5)9-8-15-13(4)16(20)11(2)12(3)17(15)23-18/h10,20H,6-9H2,1-5H3/b14-10+. The van der Waals surface area contributed by atoms with Gasteiger partial charge in [0.05, 0.1) is 4.92 Å². The van der Waals surface area contributed by atoms with Gasteiger partial charge in [0, 0.05) is 18.1 Å². The third kappa shape index (κ3) is 3.19. The molecule has 0 amide bonds. The van der Waals surface area contributed by atoms with Gasteiger partial charge in [-0.05, 0) is 63.6 Å². The Balaban J connectivity index is 2.47. The van der Waals surface area contributed by atoms with Gasteiger partial charge in [-0.3, -0.25) is 10.1 Å². The molecule has 0 radical (unpaired) electrons. The highest BCUT2D eigenvalue weighted by molar-refractivity contribution is 5.58. The zero-order valence-electron chi connectivity index (χ0n) is 14.5. The summed E-state index contributed by atoms with van der Waals surface area (Å²) in [6.45, 7) is 9.50. The van der Waals surface area contributed by atoms with E-state index >= 15 is 0 Å². The number of aromatic hydroxyl groups is 1. The summed E-state index contributed by atoms with van der Waals surface area (Å²) < 4.78 is 6.20. The highest BCUT2D eigenvalue weighted by atomic mass is 16.6. The highest BCUT2D eigenvalue weighted by Crippen LogP contribution is 2.43. The van der Waals surface area contributed by atoms with Crippen LogP contribution >= 0.6 is 0 Å². The van der Waals surface area contributed by atoms with Crippen LogP contribution in [0.1, 0.15) is 55.4 Å². The fourth-order valence-corrected chi connectivity index (χ4v) is 3.19. The third-order valence-electron chi connectivity index (χ3n) is 4.76. The molecule has 1 N–H and O–H groups in total. The van der Waals surface area contributed by atoms with Crippen LogP contribution in [-0.4, -0.2) is 15.6 Å². The number of allylic oxidation sites excluding steroid dienone is 1. The van der Waals surface area contributed by atoms with Gasteiger partial charge in [0.25, 0.3) is 0 Å². The Kier molecular flexibility index (Phi) is 4.68. The first-order valence-electron chi connectivity index (χ1n) is 8.07. The minimum absolute atomic E-state index is 0.211. The van der Waals surface area contributed by atoms with Crippen molar-refractivity contribution in [3.63, 3.8) is 0 Å². The number of benzene rings is 1. The molecule has 1 aromatic carbocycles. The van der Waals surface area contributed by atoms with Crippen LogP contribution < -0.4 is 4.74 Å². The topological polar surface area (TPSA) is 72.6 Å². The van der Waals surface area contributed by atoms with Crippen molar-refractivity contribution in [3.05, 3.63) is 44.1 Å². The number of nitrogens with zero attached hydrogens (tertiary/aromatic N) is 1. The quantitative estimate of drug-likeness (QED) is 0.661. The summed E-state index contributed by atoms with van der Waals surface area (Å²) in [6, 6.07) is 0. The van der Waals surface area contributed by atoms with Crippen LogP contribution in [0.25, 0.3) is 0 Å². The molecular formula is C18H25NO4. The van der Waals surface area contributed by atoms with Gasteiger partial charge in [0.1, 0.15) is 17.1 Å². The maximum atomic E-state index is 11.2. The Hall–Kier alpha value is -2.04. The molecule has 0 bridgehead atoms. The van der Waals surface area contributed by atoms with Gasteiger partial charge in [-0.1, -0.05) is 6.92 Å². The fraction of sp³-hybridized carbons (Fsp3) is 0.556. The summed E-state index contributed by atoms with van der Waals surface area (Å²) in [4.78, 5) is 10.9. The molecule has 0 spiro atoms. The Bertz CT molecular complexity index is 678. The van der Waals surface area contributed by atoms with Crippen molar-refractivity contribution in [2.45, 2.75) is 65.9 Å². The predicted molar refractivity (Wildman–Crippen MR) is 89.7 cm³/mol. The second kappa shape index (κ2) is 6.22. The van der Waals surface area contributed by atoms with Gasteiger partial charge in [0.2, 0.25) is 5.70 Å². The number of nitro groups is 1. The van der Waals surface area contributed by atoms with Gasteiger partial charge in [-0.25, -0.2) is 0 Å². The van der Waals surface area contributed by atoms with Crippen LogP contribution in [0.3, 0.4) is 0 Å². The van der Waals surface area contributed by atoms with Crippen LogP contribution in [0.4, 0.5) is 0 Å². The summed E-state index contributed by atoms with van der Waals surface area (Å²) in [7, 11) is 0. The second-order valence-corrected chi connectivity index (χ2v) is 6.59. The van der Waals surface area contributed by atoms with Gasteiger partial charge < -0.3 is 9.84 Å². The Morgan fingerprint density at radius 3 is 2.57 bits per heavy atom. The maximum absolute atomic E-state index is 11.2. The van der Waals surface area contributed by atoms with Crippen LogP contribution in [0.5, 0.6) is 11.5 Å². The molecule has 0 saturated carbocycles. The molecule has 1 unspecified atom stereocenters. The van der Waals surface area contributed by atoms with Crippen molar-refractivity contribution in [2.75, 3.05) is 0 Å². The third-order valence-corrected chi connectivity index (χ3v) is 4.76. The lowest BCUT2D eigenvalue weighted by atomic mass is 9.86. The van der Waals surface area contributed by atoms with Crippen molar-refractivity contribution in [3.8, 4) is 11.5 Å². The monoisotopic (exact) mass is 319 g/mol. The number of ether oxygens (including phenoxy) is 1. The summed E-state index contributed by atoms with van der Waals surface area (Å²) in [5, 5.41) is 21.4. The van der Waals surface area contributed by atoms with E-state index in [1.54, 1.807) is 6.08 Å². The van der Waals surface area contributed by atoms with Crippen LogP contribution in [-0.2, 0) is 6.42 Å². The highest BCUT2D eigenvalue weighted by Gasteiger charge is 2.35. The molecule has 1 heterocycles. The summed E-state index contributed by atoms with van der Waals surface area (Å²) in [5.74, 6) is 1.09. The van der Waals surface area contributed by atoms with Crippen molar-refractivity contribution in [1.82, 2.24) is 0 Å². The molecule has 0 aromatic heterocycles. The van der Waals surface area contributed by atoms with E-state index in [4.69, 9.17) is 4.74 Å². The smallest absolute Gasteiger partial charge is 0.246 e. The number of hydrogen-bond donors (Lipinski definition) is 1. The second-order valence-electron chi connectivity index (χ2n) is 6.59. The largest absolute Gasteiger partial charge is 0.507 e. The first-order chi connectivity index (χ1) is 10.7. The Labute approximate surface area is 137 Å². The molecule has 2 rings (SSSR count). The molecule has 5 heteroatoms. The number of phenols is 1. The lowest BCUT2D eigenvalue weighted by molar-refractivity contribution is -0.428. The minimum Gasteiger partial charge on any atom is -0.507 e. The average molecular weight is 319 g/mol. The van der Waals surface area contributed by atoms with Gasteiger partial charge in [-0.15, -0.1) is 0 Å². The van der Waals surface area contributed by atoms with Crippen molar-refractivity contribution in [1.29, 1.82) is 0 Å². The molecule has 5 nitrogen and oxygen atoms in total. The first-order valence-corrected chi connectivity index (χ1v) is 8.07. The Morgan fingerprint density at radius 2 is 2.00 bits per heavy atom. The average Bonchev–Trinajstić information content (AvgIpc) is 2.50. The number of rotatable bonds is 4. The lowest BCUT2D eigenvalue weighted by Crippen LogP contribution is -2.36. The number of hydrogen-bond acceptors (Lipinski definition) is 4. The Morgan fingerprint density at radius 1 is 1.35 bits per heavy atom. The van der Waals surface area contributed by atoms with E-state index in [0.717, 1.165) is 40.8 Å². The van der Waals surface area contributed by atoms with Gasteiger partial charge >= 0.3 is 0 Å². The molecule has 0 fully saturated rings. The van der Waals surface area contributed by atoms with E-state index in [0.29, 0.717) is 18.6 Å². The fourth-order valence-electron chi connectivity index (χ4n) is 3.19. The molecule has 23 heavy (non-hydrogen) atoms. The zero-order chi connectivity index (χ0) is 17.4. The van der Waals surface area contributed by atoms with Crippen LogP contribution in [0.2, 0.25) is 0 Å². The van der Waals surface area contributed by atoms with Crippen molar-refractivity contribution < 1.29 is 14.8 Å². The van der Waals surface area contributed by atoms with Crippen molar-refractivity contribution >= 4 is 0 Å². The number of phenolic OH excluding ortho intramolecular Hbond substituents is 1. The van der Waals surface area contributed by atoms with Crippen LogP contribution in [0, 0.1) is 30.9 Å². The molecular weight excluding hydrogens is 294 g/mol. The SMILES string of the molecule is CCC/C(=C\C1(C)CCc2c(C)c(O)c(C)c(C)c2O1)[N+](=O)[O-]. The van der Waals surface area contributed by atoms with Crippen LogP contribution in [0.15, 0.2) is 11.8 Å². The summed E-state index contributed by atoms with van der Waals surface area (Å²) >= 11 is 0. The normalized spacial score (nSPS) is 20.8. The molecule has 1 atom stereocenters. The molecule has 1 aliphatic heterocycles. The first kappa shape index (κ1) is 17.3. The molecule has 1 aromatic rings. The predicted octanol–water partition coefficient (Wildman–Crippen LogP) is 4.36.